The molecule has 1 atom stereocenters. The van der Waals surface area contributed by atoms with Gasteiger partial charge in [-0.1, -0.05) is 48.7 Å². The molecule has 0 radical (unpaired) electrons. The van der Waals surface area contributed by atoms with Crippen LogP contribution < -0.4 is 10.2 Å². The average Bonchev–Trinajstić information content (AvgIpc) is 3.11. The molecule has 0 aromatic heterocycles. The Hall–Kier alpha value is -2.51. The van der Waals surface area contributed by atoms with Crippen molar-refractivity contribution in [3.63, 3.8) is 0 Å². The molecule has 0 bridgehead atoms. The van der Waals surface area contributed by atoms with Crippen molar-refractivity contribution in [2.24, 2.45) is 0 Å². The Morgan fingerprint density at radius 2 is 1.70 bits per heavy atom. The number of thioether (sulfide) groups is 1. The normalized spacial score (nSPS) is 18.5. The molecule has 2 aliphatic heterocycles. The Morgan fingerprint density at radius 1 is 1.00 bits per heavy atom. The van der Waals surface area contributed by atoms with Crippen LogP contribution in [0.5, 0.6) is 0 Å². The molecule has 2 aromatic carbocycles. The maximum Gasteiger partial charge on any atom is 0.250 e. The standard InChI is InChI=1S/C25H28ClN3O3S/c26-19-11-9-18(10-12-19)13-14-27-22(30)17-29-20-7-3-4-8-21(20)33-23(25(29)32)24(31)28-15-5-1-2-6-16-28/h3-4,7-12,23H,1-2,5-6,13-17H2,(H,27,30)/t23-/m0/s1. The molecule has 1 fully saturated rings. The lowest BCUT2D eigenvalue weighted by atomic mass is 10.1. The van der Waals surface area contributed by atoms with Gasteiger partial charge in [-0.2, -0.15) is 0 Å². The largest absolute Gasteiger partial charge is 0.354 e. The van der Waals surface area contributed by atoms with Crippen LogP contribution in [0.1, 0.15) is 31.2 Å². The van der Waals surface area contributed by atoms with Gasteiger partial charge in [0.2, 0.25) is 11.8 Å². The van der Waals surface area contributed by atoms with E-state index >= 15 is 0 Å². The Labute approximate surface area is 203 Å². The summed E-state index contributed by atoms with van der Waals surface area (Å²) in [7, 11) is 0. The lowest BCUT2D eigenvalue weighted by molar-refractivity contribution is -0.135. The Balaban J connectivity index is 1.43. The second-order valence-electron chi connectivity index (χ2n) is 8.36. The van der Waals surface area contributed by atoms with Crippen LogP contribution in [-0.4, -0.2) is 54.1 Å². The summed E-state index contributed by atoms with van der Waals surface area (Å²) in [6.45, 7) is 1.72. The van der Waals surface area contributed by atoms with Crippen LogP contribution in [0.15, 0.2) is 53.4 Å². The zero-order valence-corrected chi connectivity index (χ0v) is 20.0. The van der Waals surface area contributed by atoms with Gasteiger partial charge in [0.15, 0.2) is 5.25 Å². The zero-order chi connectivity index (χ0) is 23.2. The Morgan fingerprint density at radius 3 is 2.42 bits per heavy atom. The van der Waals surface area contributed by atoms with Crippen molar-refractivity contribution in [2.75, 3.05) is 31.1 Å². The van der Waals surface area contributed by atoms with Crippen LogP contribution in [-0.2, 0) is 20.8 Å². The molecule has 0 spiro atoms. The summed E-state index contributed by atoms with van der Waals surface area (Å²) >= 11 is 7.21. The summed E-state index contributed by atoms with van der Waals surface area (Å²) < 4.78 is 0. The molecular weight excluding hydrogens is 458 g/mol. The van der Waals surface area contributed by atoms with Gasteiger partial charge in [0.05, 0.1) is 5.69 Å². The summed E-state index contributed by atoms with van der Waals surface area (Å²) in [6.07, 6.45) is 4.82. The summed E-state index contributed by atoms with van der Waals surface area (Å²) in [5.41, 5.74) is 1.75. The first-order valence-corrected chi connectivity index (χ1v) is 12.7. The molecule has 4 rings (SSSR count). The number of halogens is 1. The predicted octanol–water partition coefficient (Wildman–Crippen LogP) is 3.91. The third-order valence-electron chi connectivity index (χ3n) is 5.98. The molecule has 174 valence electrons. The van der Waals surface area contributed by atoms with Gasteiger partial charge < -0.3 is 15.1 Å². The van der Waals surface area contributed by atoms with E-state index in [1.807, 2.05) is 53.4 Å². The quantitative estimate of drug-likeness (QED) is 0.630. The fraction of sp³-hybridized carbons (Fsp3) is 0.400. The Kier molecular flexibility index (Phi) is 7.93. The van der Waals surface area contributed by atoms with Crippen molar-refractivity contribution in [2.45, 2.75) is 42.2 Å². The zero-order valence-electron chi connectivity index (χ0n) is 18.5. The van der Waals surface area contributed by atoms with E-state index in [0.717, 1.165) is 36.1 Å². The first kappa shape index (κ1) is 23.6. The molecule has 1 N–H and O–H groups in total. The predicted molar refractivity (Wildman–Crippen MR) is 132 cm³/mol. The minimum Gasteiger partial charge on any atom is -0.354 e. The number of nitrogens with one attached hydrogen (secondary N) is 1. The highest BCUT2D eigenvalue weighted by Gasteiger charge is 2.40. The number of rotatable bonds is 6. The lowest BCUT2D eigenvalue weighted by Gasteiger charge is -2.34. The van der Waals surface area contributed by atoms with Crippen molar-refractivity contribution < 1.29 is 14.4 Å². The van der Waals surface area contributed by atoms with Crippen LogP contribution >= 0.6 is 23.4 Å². The molecule has 33 heavy (non-hydrogen) atoms. The summed E-state index contributed by atoms with van der Waals surface area (Å²) in [6, 6.07) is 15.0. The molecule has 2 heterocycles. The molecule has 6 nitrogen and oxygen atoms in total. The van der Waals surface area contributed by atoms with E-state index in [0.29, 0.717) is 36.8 Å². The van der Waals surface area contributed by atoms with E-state index in [2.05, 4.69) is 5.32 Å². The summed E-state index contributed by atoms with van der Waals surface area (Å²) in [4.78, 5) is 43.5. The van der Waals surface area contributed by atoms with Gasteiger partial charge in [0.1, 0.15) is 6.54 Å². The van der Waals surface area contributed by atoms with E-state index in [1.54, 1.807) is 0 Å². The van der Waals surface area contributed by atoms with Gasteiger partial charge in [-0.25, -0.2) is 0 Å². The van der Waals surface area contributed by atoms with Crippen molar-refractivity contribution in [1.82, 2.24) is 10.2 Å². The number of benzene rings is 2. The molecule has 2 aliphatic rings. The number of hydrogen-bond acceptors (Lipinski definition) is 4. The van der Waals surface area contributed by atoms with Gasteiger partial charge in [0.25, 0.3) is 5.91 Å². The van der Waals surface area contributed by atoms with E-state index < -0.39 is 5.25 Å². The number of fused-ring (bicyclic) bond motifs is 1. The van der Waals surface area contributed by atoms with Crippen molar-refractivity contribution in [3.05, 3.63) is 59.1 Å². The minimum absolute atomic E-state index is 0.110. The average molecular weight is 486 g/mol. The number of para-hydroxylation sites is 1. The van der Waals surface area contributed by atoms with E-state index in [-0.39, 0.29) is 24.3 Å². The highest BCUT2D eigenvalue weighted by atomic mass is 35.5. The van der Waals surface area contributed by atoms with Gasteiger partial charge in [-0.3, -0.25) is 14.4 Å². The molecule has 3 amide bonds. The third kappa shape index (κ3) is 5.89. The summed E-state index contributed by atoms with van der Waals surface area (Å²) in [5.74, 6) is -0.713. The third-order valence-corrected chi connectivity index (χ3v) is 7.47. The first-order valence-electron chi connectivity index (χ1n) is 11.4. The van der Waals surface area contributed by atoms with Crippen LogP contribution in [0.25, 0.3) is 0 Å². The van der Waals surface area contributed by atoms with Gasteiger partial charge >= 0.3 is 0 Å². The lowest BCUT2D eigenvalue weighted by Crippen LogP contribution is -2.52. The van der Waals surface area contributed by atoms with Crippen LogP contribution in [0.4, 0.5) is 5.69 Å². The first-order chi connectivity index (χ1) is 16.0. The monoisotopic (exact) mass is 485 g/mol. The SMILES string of the molecule is O=C(CN1C(=O)[C@H](C(=O)N2CCCCCC2)Sc2ccccc21)NCCc1ccc(Cl)cc1. The van der Waals surface area contributed by atoms with Crippen molar-refractivity contribution >= 4 is 46.8 Å². The van der Waals surface area contributed by atoms with Crippen LogP contribution in [0, 0.1) is 0 Å². The number of amides is 3. The number of likely N-dealkylation sites (tertiary alicyclic amines) is 1. The number of hydrogen-bond donors (Lipinski definition) is 1. The minimum atomic E-state index is -0.847. The maximum absolute atomic E-state index is 13.4. The molecule has 2 aromatic rings. The number of anilines is 1. The molecule has 0 unspecified atom stereocenters. The van der Waals surface area contributed by atoms with E-state index in [9.17, 15) is 14.4 Å². The van der Waals surface area contributed by atoms with E-state index in [1.165, 1.54) is 16.7 Å². The van der Waals surface area contributed by atoms with Gasteiger partial charge in [-0.05, 0) is 49.1 Å². The number of carbonyl (C=O) groups is 3. The smallest absolute Gasteiger partial charge is 0.250 e. The topological polar surface area (TPSA) is 69.7 Å². The molecule has 1 saturated heterocycles. The highest BCUT2D eigenvalue weighted by Crippen LogP contribution is 2.39. The van der Waals surface area contributed by atoms with Crippen molar-refractivity contribution in [1.29, 1.82) is 0 Å². The number of carbonyl (C=O) groups excluding carboxylic acids is 3. The summed E-state index contributed by atoms with van der Waals surface area (Å²) in [5, 5.41) is 2.72. The molecule has 0 saturated carbocycles. The molecule has 0 aliphatic carbocycles. The van der Waals surface area contributed by atoms with Crippen LogP contribution in [0.3, 0.4) is 0 Å². The van der Waals surface area contributed by atoms with E-state index in [4.69, 9.17) is 11.6 Å². The second kappa shape index (κ2) is 11.1. The van der Waals surface area contributed by atoms with Crippen molar-refractivity contribution in [3.8, 4) is 0 Å². The number of nitrogens with zero attached hydrogens (tertiary/aromatic N) is 2. The van der Waals surface area contributed by atoms with Gasteiger partial charge in [0, 0.05) is 29.6 Å². The fourth-order valence-corrected chi connectivity index (χ4v) is 5.50. The maximum atomic E-state index is 13.4. The fourth-order valence-electron chi connectivity index (χ4n) is 4.19. The molecule has 8 heteroatoms. The highest BCUT2D eigenvalue weighted by molar-refractivity contribution is 8.01. The van der Waals surface area contributed by atoms with Crippen LogP contribution in [0.2, 0.25) is 5.02 Å². The Bertz CT molecular complexity index is 1010. The molecular formula is C25H28ClN3O3S. The second-order valence-corrected chi connectivity index (χ2v) is 9.94. The van der Waals surface area contributed by atoms with Gasteiger partial charge in [-0.15, -0.1) is 11.8 Å².